The van der Waals surface area contributed by atoms with Crippen LogP contribution in [0, 0.1) is 0 Å². The normalized spacial score (nSPS) is 12.0. The molecule has 0 bridgehead atoms. The maximum Gasteiger partial charge on any atom is 0.231 e. The molecule has 4 rings (SSSR count). The second-order valence-corrected chi connectivity index (χ2v) is 5.74. The van der Waals surface area contributed by atoms with E-state index in [1.54, 1.807) is 12.4 Å². The van der Waals surface area contributed by atoms with Gasteiger partial charge in [-0.3, -0.25) is 4.98 Å². The molecule has 0 atom stereocenters. The van der Waals surface area contributed by atoms with Crippen molar-refractivity contribution in [2.45, 2.75) is 13.1 Å². The molecule has 3 heterocycles. The van der Waals surface area contributed by atoms with Crippen molar-refractivity contribution in [2.24, 2.45) is 0 Å². The molecular formula is C18H18N6O2. The van der Waals surface area contributed by atoms with Crippen molar-refractivity contribution >= 4 is 17.3 Å². The molecule has 0 radical (unpaired) electrons. The number of pyridine rings is 1. The minimum atomic E-state index is 0.261. The number of hydrogen-bond donors (Lipinski definition) is 3. The van der Waals surface area contributed by atoms with E-state index in [1.807, 2.05) is 30.3 Å². The molecular weight excluding hydrogens is 332 g/mol. The lowest BCUT2D eigenvalue weighted by Crippen LogP contribution is -2.10. The summed E-state index contributed by atoms with van der Waals surface area (Å²) in [4.78, 5) is 12.5. The Morgan fingerprint density at radius 2 is 1.73 bits per heavy atom. The summed E-state index contributed by atoms with van der Waals surface area (Å²) in [7, 11) is 0. The molecule has 0 unspecified atom stereocenters. The predicted octanol–water partition coefficient (Wildman–Crippen LogP) is 2.41. The highest BCUT2D eigenvalue weighted by atomic mass is 16.7. The monoisotopic (exact) mass is 350 g/mol. The summed E-state index contributed by atoms with van der Waals surface area (Å²) in [5.74, 6) is 2.67. The van der Waals surface area contributed by atoms with Crippen LogP contribution in [0.1, 0.15) is 11.1 Å². The Balaban J connectivity index is 1.42. The molecule has 2 aromatic heterocycles. The first-order valence-electron chi connectivity index (χ1n) is 8.15. The number of rotatable bonds is 6. The Morgan fingerprint density at radius 1 is 0.962 bits per heavy atom. The molecule has 0 aliphatic carbocycles. The molecule has 0 saturated heterocycles. The van der Waals surface area contributed by atoms with Crippen LogP contribution in [0.25, 0.3) is 0 Å². The molecule has 26 heavy (non-hydrogen) atoms. The van der Waals surface area contributed by atoms with E-state index in [0.29, 0.717) is 30.4 Å². The van der Waals surface area contributed by atoms with Gasteiger partial charge in [-0.25, -0.2) is 9.97 Å². The Hall–Kier alpha value is -3.55. The second kappa shape index (κ2) is 7.14. The number of benzene rings is 1. The molecule has 0 saturated carbocycles. The van der Waals surface area contributed by atoms with E-state index >= 15 is 0 Å². The van der Waals surface area contributed by atoms with Crippen LogP contribution < -0.4 is 25.8 Å². The molecule has 132 valence electrons. The number of nitrogens with two attached hydrogens (primary N) is 1. The molecule has 3 aromatic rings. The van der Waals surface area contributed by atoms with Crippen molar-refractivity contribution in [3.63, 3.8) is 0 Å². The van der Waals surface area contributed by atoms with Crippen molar-refractivity contribution in [2.75, 3.05) is 23.2 Å². The van der Waals surface area contributed by atoms with Gasteiger partial charge in [0.05, 0.1) is 0 Å². The van der Waals surface area contributed by atoms with Gasteiger partial charge in [-0.15, -0.1) is 0 Å². The number of nitrogens with zero attached hydrogens (tertiary/aromatic N) is 3. The molecule has 0 amide bonds. The smallest absolute Gasteiger partial charge is 0.231 e. The minimum Gasteiger partial charge on any atom is -0.454 e. The summed E-state index contributed by atoms with van der Waals surface area (Å²) in [6.07, 6.45) is 5.01. The van der Waals surface area contributed by atoms with Gasteiger partial charge in [0, 0.05) is 25.5 Å². The van der Waals surface area contributed by atoms with Crippen molar-refractivity contribution < 1.29 is 9.47 Å². The number of ether oxygens (including phenoxy) is 2. The van der Waals surface area contributed by atoms with Crippen molar-refractivity contribution in [1.29, 1.82) is 0 Å². The summed E-state index contributed by atoms with van der Waals surface area (Å²) in [5.41, 5.74) is 8.74. The first-order valence-corrected chi connectivity index (χ1v) is 8.15. The fourth-order valence-corrected chi connectivity index (χ4v) is 2.60. The topological polar surface area (TPSA) is 107 Å². The van der Waals surface area contributed by atoms with E-state index in [9.17, 15) is 0 Å². The molecule has 1 aromatic carbocycles. The van der Waals surface area contributed by atoms with E-state index in [1.165, 1.54) is 6.33 Å². The van der Waals surface area contributed by atoms with Crippen LogP contribution in [-0.2, 0) is 13.1 Å². The lowest BCUT2D eigenvalue weighted by molar-refractivity contribution is 0.174. The summed E-state index contributed by atoms with van der Waals surface area (Å²) in [6, 6.07) is 9.67. The SMILES string of the molecule is Nc1c(NCc2cccnc2)ncnc1NCc1ccc2c(c1)OCO2. The summed E-state index contributed by atoms with van der Waals surface area (Å²) >= 11 is 0. The van der Waals surface area contributed by atoms with E-state index in [0.717, 1.165) is 22.6 Å². The molecule has 1 aliphatic rings. The quantitative estimate of drug-likeness (QED) is 0.622. The number of nitrogen functional groups attached to an aromatic ring is 1. The third-order valence-electron chi connectivity index (χ3n) is 3.96. The number of anilines is 3. The van der Waals surface area contributed by atoms with Gasteiger partial charge in [0.25, 0.3) is 0 Å². The van der Waals surface area contributed by atoms with Gasteiger partial charge in [-0.2, -0.15) is 0 Å². The zero-order valence-electron chi connectivity index (χ0n) is 14.0. The maximum absolute atomic E-state index is 6.19. The van der Waals surface area contributed by atoms with Gasteiger partial charge in [0.2, 0.25) is 6.79 Å². The summed E-state index contributed by atoms with van der Waals surface area (Å²) in [5, 5.41) is 6.44. The van der Waals surface area contributed by atoms with Gasteiger partial charge in [0.1, 0.15) is 12.0 Å². The maximum atomic E-state index is 6.19. The third kappa shape index (κ3) is 3.44. The van der Waals surface area contributed by atoms with E-state index in [-0.39, 0.29) is 6.79 Å². The molecule has 0 spiro atoms. The highest BCUT2D eigenvalue weighted by Gasteiger charge is 2.13. The zero-order valence-corrected chi connectivity index (χ0v) is 14.0. The number of fused-ring (bicyclic) bond motifs is 1. The van der Waals surface area contributed by atoms with Crippen molar-refractivity contribution in [3.8, 4) is 11.5 Å². The van der Waals surface area contributed by atoms with Crippen LogP contribution in [0.2, 0.25) is 0 Å². The van der Waals surface area contributed by atoms with Crippen LogP contribution in [0.3, 0.4) is 0 Å². The largest absolute Gasteiger partial charge is 0.454 e. The number of nitrogens with one attached hydrogen (secondary N) is 2. The number of hydrogen-bond acceptors (Lipinski definition) is 8. The minimum absolute atomic E-state index is 0.261. The average molecular weight is 350 g/mol. The lowest BCUT2D eigenvalue weighted by atomic mass is 10.2. The lowest BCUT2D eigenvalue weighted by Gasteiger charge is -2.12. The fraction of sp³-hybridized carbons (Fsp3) is 0.167. The third-order valence-corrected chi connectivity index (χ3v) is 3.96. The van der Waals surface area contributed by atoms with E-state index < -0.39 is 0 Å². The van der Waals surface area contributed by atoms with E-state index in [4.69, 9.17) is 15.2 Å². The number of aromatic nitrogens is 3. The van der Waals surface area contributed by atoms with Crippen LogP contribution in [0.5, 0.6) is 11.5 Å². The van der Waals surface area contributed by atoms with Crippen molar-refractivity contribution in [1.82, 2.24) is 15.0 Å². The highest BCUT2D eigenvalue weighted by Crippen LogP contribution is 2.33. The first-order chi connectivity index (χ1) is 12.8. The second-order valence-electron chi connectivity index (χ2n) is 5.74. The Morgan fingerprint density at radius 3 is 2.50 bits per heavy atom. The standard InChI is InChI=1S/C18H18N6O2/c19-16-17(21-8-12-3-4-14-15(6-12)26-11-25-14)23-10-24-18(16)22-9-13-2-1-5-20-7-13/h1-7,10H,8-9,11,19H2,(H2,21,22,23,24). The Labute approximate surface area is 150 Å². The predicted molar refractivity (Wildman–Crippen MR) is 97.9 cm³/mol. The first kappa shape index (κ1) is 15.9. The van der Waals surface area contributed by atoms with E-state index in [2.05, 4.69) is 25.6 Å². The zero-order chi connectivity index (χ0) is 17.8. The van der Waals surface area contributed by atoms with Gasteiger partial charge >= 0.3 is 0 Å². The highest BCUT2D eigenvalue weighted by molar-refractivity contribution is 5.74. The van der Waals surface area contributed by atoms with Crippen molar-refractivity contribution in [3.05, 3.63) is 60.2 Å². The summed E-state index contributed by atoms with van der Waals surface area (Å²) < 4.78 is 10.7. The molecule has 4 N–H and O–H groups in total. The summed E-state index contributed by atoms with van der Waals surface area (Å²) in [6.45, 7) is 1.40. The van der Waals surface area contributed by atoms with Gasteiger partial charge < -0.3 is 25.8 Å². The van der Waals surface area contributed by atoms with Gasteiger partial charge in [0.15, 0.2) is 23.1 Å². The Kier molecular flexibility index (Phi) is 4.38. The molecule has 1 aliphatic heterocycles. The van der Waals surface area contributed by atoms with Crippen LogP contribution in [0.4, 0.5) is 17.3 Å². The molecule has 0 fully saturated rings. The van der Waals surface area contributed by atoms with Crippen LogP contribution in [0.15, 0.2) is 49.1 Å². The average Bonchev–Trinajstić information content (AvgIpc) is 3.15. The fourth-order valence-electron chi connectivity index (χ4n) is 2.60. The Bertz CT molecular complexity index is 903. The van der Waals surface area contributed by atoms with Crippen LogP contribution in [-0.4, -0.2) is 21.7 Å². The van der Waals surface area contributed by atoms with Crippen LogP contribution >= 0.6 is 0 Å². The molecule has 8 heteroatoms. The molecule has 8 nitrogen and oxygen atoms in total. The van der Waals surface area contributed by atoms with Gasteiger partial charge in [-0.05, 0) is 29.3 Å². The van der Waals surface area contributed by atoms with Gasteiger partial charge in [-0.1, -0.05) is 12.1 Å².